The molecule has 0 aromatic heterocycles. The van der Waals surface area contributed by atoms with Gasteiger partial charge in [0.2, 0.25) is 11.6 Å². The first-order valence-corrected chi connectivity index (χ1v) is 7.35. The van der Waals surface area contributed by atoms with E-state index in [0.29, 0.717) is 22.3 Å². The summed E-state index contributed by atoms with van der Waals surface area (Å²) in [6.07, 6.45) is 0. The standard InChI is InChI=1S/C20H16O3/c1-12-9-17(10-13(2)18(12)21)20(23)19(22)16-8-7-14-5-3-4-6-15(14)11-16/h3-11,21H,1-2H3. The largest absolute Gasteiger partial charge is 0.507 e. The van der Waals surface area contributed by atoms with E-state index in [1.165, 1.54) is 0 Å². The van der Waals surface area contributed by atoms with Gasteiger partial charge < -0.3 is 5.11 Å². The Morgan fingerprint density at radius 1 is 0.739 bits per heavy atom. The smallest absolute Gasteiger partial charge is 0.233 e. The van der Waals surface area contributed by atoms with Crippen molar-refractivity contribution in [2.24, 2.45) is 0 Å². The van der Waals surface area contributed by atoms with E-state index >= 15 is 0 Å². The molecule has 0 heterocycles. The van der Waals surface area contributed by atoms with Crippen LogP contribution in [0, 0.1) is 13.8 Å². The first kappa shape index (κ1) is 15.0. The molecule has 0 spiro atoms. The Balaban J connectivity index is 1.99. The number of phenolic OH excluding ortho intramolecular Hbond substituents is 1. The molecule has 3 aromatic carbocycles. The van der Waals surface area contributed by atoms with Crippen molar-refractivity contribution >= 4 is 22.3 Å². The van der Waals surface area contributed by atoms with Gasteiger partial charge >= 0.3 is 0 Å². The summed E-state index contributed by atoms with van der Waals surface area (Å²) in [6, 6.07) is 16.0. The van der Waals surface area contributed by atoms with E-state index in [9.17, 15) is 14.7 Å². The summed E-state index contributed by atoms with van der Waals surface area (Å²) in [5.74, 6) is -0.952. The molecular formula is C20H16O3. The van der Waals surface area contributed by atoms with Crippen molar-refractivity contribution in [2.45, 2.75) is 13.8 Å². The minimum absolute atomic E-state index is 0.153. The molecule has 0 bridgehead atoms. The minimum Gasteiger partial charge on any atom is -0.507 e. The number of Topliss-reactive ketones (excluding diaryl/α,β-unsaturated/α-hetero) is 2. The number of hydrogen-bond acceptors (Lipinski definition) is 3. The molecule has 114 valence electrons. The van der Waals surface area contributed by atoms with E-state index in [-0.39, 0.29) is 5.75 Å². The number of rotatable bonds is 3. The topological polar surface area (TPSA) is 54.4 Å². The highest BCUT2D eigenvalue weighted by Crippen LogP contribution is 2.24. The van der Waals surface area contributed by atoms with Gasteiger partial charge in [0.05, 0.1) is 0 Å². The van der Waals surface area contributed by atoms with Crippen LogP contribution in [0.15, 0.2) is 54.6 Å². The van der Waals surface area contributed by atoms with Gasteiger partial charge in [0.1, 0.15) is 5.75 Å². The van der Waals surface area contributed by atoms with Crippen LogP contribution in [0.25, 0.3) is 10.8 Å². The predicted octanol–water partition coefficient (Wildman–Crippen LogP) is 4.23. The van der Waals surface area contributed by atoms with Gasteiger partial charge in [-0.25, -0.2) is 0 Å². The van der Waals surface area contributed by atoms with Crippen LogP contribution in [0.1, 0.15) is 31.8 Å². The van der Waals surface area contributed by atoms with Gasteiger partial charge in [-0.05, 0) is 53.9 Å². The summed E-state index contributed by atoms with van der Waals surface area (Å²) >= 11 is 0. The highest BCUT2D eigenvalue weighted by atomic mass is 16.3. The molecule has 3 aromatic rings. The van der Waals surface area contributed by atoms with Crippen LogP contribution in [0.5, 0.6) is 5.75 Å². The Bertz CT molecular complexity index is 916. The van der Waals surface area contributed by atoms with Gasteiger partial charge in [-0.15, -0.1) is 0 Å². The van der Waals surface area contributed by atoms with Crippen molar-refractivity contribution < 1.29 is 14.7 Å². The fourth-order valence-corrected chi connectivity index (χ4v) is 2.68. The predicted molar refractivity (Wildman–Crippen MR) is 90.2 cm³/mol. The highest BCUT2D eigenvalue weighted by Gasteiger charge is 2.20. The van der Waals surface area contributed by atoms with Crippen LogP contribution in [0.2, 0.25) is 0 Å². The van der Waals surface area contributed by atoms with E-state index in [2.05, 4.69) is 0 Å². The number of ketones is 2. The summed E-state index contributed by atoms with van der Waals surface area (Å²) in [5, 5.41) is 11.7. The second kappa shape index (κ2) is 5.69. The lowest BCUT2D eigenvalue weighted by Crippen LogP contribution is -2.15. The second-order valence-corrected chi connectivity index (χ2v) is 5.68. The molecular weight excluding hydrogens is 288 g/mol. The average molecular weight is 304 g/mol. The zero-order valence-electron chi connectivity index (χ0n) is 13.0. The lowest BCUT2D eigenvalue weighted by atomic mass is 9.96. The molecule has 23 heavy (non-hydrogen) atoms. The number of phenols is 1. The summed E-state index contributed by atoms with van der Waals surface area (Å²) in [6.45, 7) is 3.42. The van der Waals surface area contributed by atoms with Crippen molar-refractivity contribution in [2.75, 3.05) is 0 Å². The zero-order valence-corrected chi connectivity index (χ0v) is 13.0. The van der Waals surface area contributed by atoms with Crippen molar-refractivity contribution in [1.29, 1.82) is 0 Å². The minimum atomic E-state index is -0.563. The fourth-order valence-electron chi connectivity index (χ4n) is 2.68. The quantitative estimate of drug-likeness (QED) is 0.582. The highest BCUT2D eigenvalue weighted by molar-refractivity contribution is 6.49. The van der Waals surface area contributed by atoms with Crippen LogP contribution >= 0.6 is 0 Å². The van der Waals surface area contributed by atoms with Crippen molar-refractivity contribution in [3.05, 3.63) is 76.9 Å². The average Bonchev–Trinajstić information content (AvgIpc) is 2.57. The maximum absolute atomic E-state index is 12.5. The second-order valence-electron chi connectivity index (χ2n) is 5.68. The Morgan fingerprint density at radius 3 is 1.96 bits per heavy atom. The van der Waals surface area contributed by atoms with E-state index in [1.54, 1.807) is 38.1 Å². The lowest BCUT2D eigenvalue weighted by molar-refractivity contribution is 0.0817. The molecule has 0 saturated heterocycles. The molecule has 0 aliphatic heterocycles. The molecule has 0 saturated carbocycles. The number of carbonyl (C=O) groups excluding carboxylic acids is 2. The summed E-state index contributed by atoms with van der Waals surface area (Å²) in [7, 11) is 0. The number of aromatic hydroxyl groups is 1. The molecule has 0 radical (unpaired) electrons. The number of hydrogen-bond donors (Lipinski definition) is 1. The maximum Gasteiger partial charge on any atom is 0.233 e. The summed E-state index contributed by atoms with van der Waals surface area (Å²) < 4.78 is 0. The van der Waals surface area contributed by atoms with E-state index in [1.807, 2.05) is 30.3 Å². The zero-order chi connectivity index (χ0) is 16.6. The molecule has 0 unspecified atom stereocenters. The van der Waals surface area contributed by atoms with Crippen molar-refractivity contribution in [3.8, 4) is 5.75 Å². The maximum atomic E-state index is 12.5. The molecule has 0 fully saturated rings. The fraction of sp³-hybridized carbons (Fsp3) is 0.100. The third kappa shape index (κ3) is 2.73. The summed E-state index contributed by atoms with van der Waals surface area (Å²) in [5.41, 5.74) is 1.84. The van der Waals surface area contributed by atoms with Gasteiger partial charge in [0, 0.05) is 11.1 Å². The van der Waals surface area contributed by atoms with Crippen molar-refractivity contribution in [1.82, 2.24) is 0 Å². The van der Waals surface area contributed by atoms with Crippen LogP contribution in [0.4, 0.5) is 0 Å². The van der Waals surface area contributed by atoms with E-state index in [0.717, 1.165) is 10.8 Å². The normalized spacial score (nSPS) is 10.7. The van der Waals surface area contributed by atoms with Crippen LogP contribution < -0.4 is 0 Å². The molecule has 0 aliphatic carbocycles. The Kier molecular flexibility index (Phi) is 3.70. The van der Waals surface area contributed by atoms with E-state index in [4.69, 9.17) is 0 Å². The molecule has 0 amide bonds. The Morgan fingerprint density at radius 2 is 1.30 bits per heavy atom. The monoisotopic (exact) mass is 304 g/mol. The van der Waals surface area contributed by atoms with Crippen LogP contribution in [-0.4, -0.2) is 16.7 Å². The third-order valence-corrected chi connectivity index (χ3v) is 3.97. The van der Waals surface area contributed by atoms with Gasteiger partial charge in [-0.1, -0.05) is 36.4 Å². The number of benzene rings is 3. The first-order chi connectivity index (χ1) is 11.0. The lowest BCUT2D eigenvalue weighted by Gasteiger charge is -2.07. The van der Waals surface area contributed by atoms with Crippen LogP contribution in [-0.2, 0) is 0 Å². The van der Waals surface area contributed by atoms with Gasteiger partial charge in [-0.3, -0.25) is 9.59 Å². The molecule has 3 nitrogen and oxygen atoms in total. The molecule has 0 atom stereocenters. The molecule has 3 rings (SSSR count). The number of fused-ring (bicyclic) bond motifs is 1. The Labute approximate surface area is 134 Å². The summed E-state index contributed by atoms with van der Waals surface area (Å²) in [4.78, 5) is 25.0. The van der Waals surface area contributed by atoms with E-state index < -0.39 is 11.6 Å². The molecule has 1 N–H and O–H groups in total. The third-order valence-electron chi connectivity index (χ3n) is 3.97. The van der Waals surface area contributed by atoms with Crippen molar-refractivity contribution in [3.63, 3.8) is 0 Å². The first-order valence-electron chi connectivity index (χ1n) is 7.35. The molecule has 0 aliphatic rings. The molecule has 3 heteroatoms. The number of aryl methyl sites for hydroxylation is 2. The Hall–Kier alpha value is -2.94. The van der Waals surface area contributed by atoms with Gasteiger partial charge in [0.15, 0.2) is 0 Å². The number of carbonyl (C=O) groups is 2. The van der Waals surface area contributed by atoms with Gasteiger partial charge in [-0.2, -0.15) is 0 Å². The SMILES string of the molecule is Cc1cc(C(=O)C(=O)c2ccc3ccccc3c2)cc(C)c1O. The van der Waals surface area contributed by atoms with Gasteiger partial charge in [0.25, 0.3) is 0 Å². The van der Waals surface area contributed by atoms with Crippen LogP contribution in [0.3, 0.4) is 0 Å².